The summed E-state index contributed by atoms with van der Waals surface area (Å²) in [5, 5.41) is 3.57. The molecule has 11 heteroatoms. The van der Waals surface area contributed by atoms with Crippen LogP contribution in [0.2, 0.25) is 0 Å². The number of aromatic nitrogens is 3. The third kappa shape index (κ3) is 8.12. The monoisotopic (exact) mass is 612 g/mol. The van der Waals surface area contributed by atoms with Crippen LogP contribution in [0.3, 0.4) is 0 Å². The van der Waals surface area contributed by atoms with Gasteiger partial charge in [-0.25, -0.2) is 9.97 Å². The molecular weight excluding hydrogens is 576 g/mol. The number of nitrogens with one attached hydrogen (secondary N) is 1. The Morgan fingerprint density at radius 2 is 1.77 bits per heavy atom. The van der Waals surface area contributed by atoms with Gasteiger partial charge >= 0.3 is 0 Å². The normalized spacial score (nSPS) is 13.7. The molecule has 0 bridgehead atoms. The van der Waals surface area contributed by atoms with Crippen molar-refractivity contribution in [2.75, 3.05) is 49.4 Å². The van der Waals surface area contributed by atoms with E-state index < -0.39 is 6.04 Å². The number of ether oxygens (including phenoxy) is 2. The second-order valence-corrected chi connectivity index (χ2v) is 11.4. The van der Waals surface area contributed by atoms with Crippen molar-refractivity contribution in [2.24, 2.45) is 0 Å². The summed E-state index contributed by atoms with van der Waals surface area (Å²) in [5.41, 5.74) is 4.77. The first-order chi connectivity index (χ1) is 21.4. The van der Waals surface area contributed by atoms with E-state index in [9.17, 15) is 9.59 Å². The van der Waals surface area contributed by atoms with E-state index in [-0.39, 0.29) is 24.1 Å². The highest BCUT2D eigenvalue weighted by molar-refractivity contribution is 7.99. The number of thioether (sulfide) groups is 1. The van der Waals surface area contributed by atoms with E-state index in [1.807, 2.05) is 74.5 Å². The molecule has 2 aromatic heterocycles. The summed E-state index contributed by atoms with van der Waals surface area (Å²) in [6.45, 7) is 6.98. The molecule has 3 heterocycles. The lowest BCUT2D eigenvalue weighted by atomic mass is 10.0. The molecule has 1 saturated heterocycles. The molecule has 2 amide bonds. The number of methoxy groups -OCH3 is 1. The number of amides is 2. The predicted molar refractivity (Wildman–Crippen MR) is 171 cm³/mol. The molecule has 2 aromatic carbocycles. The number of carbonyl (C=O) groups is 2. The minimum absolute atomic E-state index is 0.0468. The Hall–Kier alpha value is -4.48. The van der Waals surface area contributed by atoms with Crippen LogP contribution in [0.25, 0.3) is 0 Å². The lowest BCUT2D eigenvalue weighted by Crippen LogP contribution is -2.42. The van der Waals surface area contributed by atoms with Gasteiger partial charge in [-0.15, -0.1) is 0 Å². The molecule has 1 unspecified atom stereocenters. The van der Waals surface area contributed by atoms with E-state index in [1.54, 1.807) is 30.5 Å². The Morgan fingerprint density at radius 3 is 2.45 bits per heavy atom. The summed E-state index contributed by atoms with van der Waals surface area (Å²) < 4.78 is 10.9. The molecule has 1 aliphatic rings. The summed E-state index contributed by atoms with van der Waals surface area (Å²) in [7, 11) is 1.57. The molecule has 1 N–H and O–H groups in total. The fraction of sp³-hybridized carbons (Fsp3) is 0.303. The van der Waals surface area contributed by atoms with Crippen LogP contribution in [0.15, 0.2) is 84.3 Å². The van der Waals surface area contributed by atoms with Gasteiger partial charge in [0.25, 0.3) is 5.91 Å². The molecule has 0 spiro atoms. The highest BCUT2D eigenvalue weighted by Crippen LogP contribution is 2.30. The zero-order chi connectivity index (χ0) is 30.9. The molecule has 44 heavy (non-hydrogen) atoms. The molecule has 1 aliphatic heterocycles. The first-order valence-corrected chi connectivity index (χ1v) is 15.4. The third-order valence-corrected chi connectivity index (χ3v) is 8.00. The highest BCUT2D eigenvalue weighted by Gasteiger charge is 2.32. The van der Waals surface area contributed by atoms with Gasteiger partial charge in [0.1, 0.15) is 11.8 Å². The van der Waals surface area contributed by atoms with Crippen LogP contribution < -0.4 is 15.0 Å². The summed E-state index contributed by atoms with van der Waals surface area (Å²) in [5.74, 6) is 0.0435. The fourth-order valence-electron chi connectivity index (χ4n) is 5.05. The van der Waals surface area contributed by atoms with E-state index >= 15 is 0 Å². The quantitative estimate of drug-likeness (QED) is 0.188. The van der Waals surface area contributed by atoms with Crippen molar-refractivity contribution in [1.29, 1.82) is 0 Å². The van der Waals surface area contributed by atoms with Crippen molar-refractivity contribution in [2.45, 2.75) is 31.6 Å². The second kappa shape index (κ2) is 14.8. The van der Waals surface area contributed by atoms with Crippen LogP contribution >= 0.6 is 11.8 Å². The molecule has 0 saturated carbocycles. The van der Waals surface area contributed by atoms with Crippen LogP contribution in [0.5, 0.6) is 5.75 Å². The average molecular weight is 613 g/mol. The fourth-order valence-corrected chi connectivity index (χ4v) is 5.89. The van der Waals surface area contributed by atoms with Gasteiger partial charge in [-0.1, -0.05) is 30.0 Å². The minimum atomic E-state index is -0.961. The minimum Gasteiger partial charge on any atom is -0.497 e. The van der Waals surface area contributed by atoms with Gasteiger partial charge in [0.05, 0.1) is 26.1 Å². The Kier molecular flexibility index (Phi) is 10.4. The van der Waals surface area contributed by atoms with Crippen molar-refractivity contribution in [3.8, 4) is 5.75 Å². The Morgan fingerprint density at radius 1 is 1.02 bits per heavy atom. The van der Waals surface area contributed by atoms with Crippen LogP contribution in [-0.2, 0) is 20.9 Å². The van der Waals surface area contributed by atoms with Crippen molar-refractivity contribution in [3.63, 3.8) is 0 Å². The standard InChI is InChI=1S/C33H36N6O4S/c1-23-18-24(2)36-33(35-23)44-22-30(40)39(21-25-6-5-13-34-20-25)31(26-7-4-8-29(19-26)42-3)32(41)37-27-9-11-28(12-10-27)38-14-16-43-17-15-38/h4-13,18-20,31H,14-17,21-22H2,1-3H3,(H,37,41). The van der Waals surface area contributed by atoms with Crippen LogP contribution in [-0.4, -0.2) is 70.8 Å². The lowest BCUT2D eigenvalue weighted by molar-refractivity contribution is -0.137. The van der Waals surface area contributed by atoms with Crippen LogP contribution in [0, 0.1) is 13.8 Å². The number of benzene rings is 2. The smallest absolute Gasteiger partial charge is 0.251 e. The maximum atomic E-state index is 14.2. The number of hydrogen-bond donors (Lipinski definition) is 1. The van der Waals surface area contributed by atoms with Crippen LogP contribution in [0.4, 0.5) is 11.4 Å². The number of carbonyl (C=O) groups excluding carboxylic acids is 2. The number of morpholine rings is 1. The van der Waals surface area contributed by atoms with Gasteiger partial charge in [0, 0.05) is 54.8 Å². The molecule has 4 aromatic rings. The van der Waals surface area contributed by atoms with Crippen molar-refractivity contribution in [3.05, 3.63) is 102 Å². The van der Waals surface area contributed by atoms with Crippen molar-refractivity contribution < 1.29 is 19.1 Å². The highest BCUT2D eigenvalue weighted by atomic mass is 32.2. The number of hydrogen-bond acceptors (Lipinski definition) is 9. The van der Waals surface area contributed by atoms with Gasteiger partial charge in [-0.3, -0.25) is 14.6 Å². The summed E-state index contributed by atoms with van der Waals surface area (Å²) >= 11 is 1.25. The van der Waals surface area contributed by atoms with E-state index in [0.29, 0.717) is 35.4 Å². The van der Waals surface area contributed by atoms with Crippen molar-refractivity contribution in [1.82, 2.24) is 19.9 Å². The lowest BCUT2D eigenvalue weighted by Gasteiger charge is -2.32. The Balaban J connectivity index is 1.45. The molecule has 10 nitrogen and oxygen atoms in total. The largest absolute Gasteiger partial charge is 0.497 e. The maximum Gasteiger partial charge on any atom is 0.251 e. The third-order valence-electron chi connectivity index (χ3n) is 7.16. The van der Waals surface area contributed by atoms with E-state index in [2.05, 4.69) is 25.2 Å². The Bertz CT molecular complexity index is 1540. The van der Waals surface area contributed by atoms with Gasteiger partial charge < -0.3 is 24.6 Å². The molecule has 5 rings (SSSR count). The molecule has 228 valence electrons. The predicted octanol–water partition coefficient (Wildman–Crippen LogP) is 4.83. The van der Waals surface area contributed by atoms with Gasteiger partial charge in [0.2, 0.25) is 5.91 Å². The maximum absolute atomic E-state index is 14.2. The number of anilines is 2. The van der Waals surface area contributed by atoms with Gasteiger partial charge in [-0.05, 0) is 73.5 Å². The van der Waals surface area contributed by atoms with Crippen molar-refractivity contribution >= 4 is 35.0 Å². The summed E-state index contributed by atoms with van der Waals surface area (Å²) in [4.78, 5) is 45.2. The molecule has 0 aliphatic carbocycles. The first kappa shape index (κ1) is 31.0. The van der Waals surface area contributed by atoms with E-state index in [1.165, 1.54) is 11.8 Å². The zero-order valence-corrected chi connectivity index (χ0v) is 25.9. The number of rotatable bonds is 11. The van der Waals surface area contributed by atoms with Gasteiger partial charge in [0.15, 0.2) is 5.16 Å². The molecular formula is C33H36N6O4S. The van der Waals surface area contributed by atoms with Gasteiger partial charge in [-0.2, -0.15) is 0 Å². The molecule has 1 atom stereocenters. The second-order valence-electron chi connectivity index (χ2n) is 10.4. The number of aryl methyl sites for hydroxylation is 2. The first-order valence-electron chi connectivity index (χ1n) is 14.4. The number of pyridine rings is 1. The molecule has 0 radical (unpaired) electrons. The summed E-state index contributed by atoms with van der Waals surface area (Å²) in [6.07, 6.45) is 3.38. The SMILES string of the molecule is COc1cccc(C(C(=O)Nc2ccc(N3CCOCC3)cc2)N(Cc2cccnc2)C(=O)CSc2nc(C)cc(C)n2)c1. The molecule has 1 fully saturated rings. The Labute approximate surface area is 261 Å². The zero-order valence-electron chi connectivity index (χ0n) is 25.1. The topological polar surface area (TPSA) is 110 Å². The van der Waals surface area contributed by atoms with E-state index in [0.717, 1.165) is 35.7 Å². The summed E-state index contributed by atoms with van der Waals surface area (Å²) in [6, 6.07) is 19.6. The average Bonchev–Trinajstić information content (AvgIpc) is 3.04. The van der Waals surface area contributed by atoms with Crippen LogP contribution in [0.1, 0.15) is 28.6 Å². The van der Waals surface area contributed by atoms with E-state index in [4.69, 9.17) is 9.47 Å². The number of nitrogens with zero attached hydrogens (tertiary/aromatic N) is 5.